The molecule has 2 aromatic carbocycles. The average molecular weight is 383 g/mol. The number of aliphatic imine (C=N–C) groups is 1. The maximum absolute atomic E-state index is 6.23. The van der Waals surface area contributed by atoms with Gasteiger partial charge in [-0.25, -0.2) is 0 Å². The molecule has 0 bridgehead atoms. The van der Waals surface area contributed by atoms with Crippen molar-refractivity contribution >= 4 is 38.9 Å². The molecule has 0 amide bonds. The van der Waals surface area contributed by atoms with E-state index in [0.717, 1.165) is 26.1 Å². The molecule has 0 saturated carbocycles. The largest absolute Gasteiger partial charge is 0.463 e. The molecule has 5 heteroatoms. The summed E-state index contributed by atoms with van der Waals surface area (Å²) < 4.78 is 7.03. The SMILES string of the molecule is CN(C)C1=N/C(=C(/SC(=S)c2ccccc2)c2ccccc2)OC1(C)C. The third-order valence-corrected chi connectivity index (χ3v) is 5.48. The lowest BCUT2D eigenvalue weighted by atomic mass is 10.1. The third-order valence-electron chi connectivity index (χ3n) is 3.96. The van der Waals surface area contributed by atoms with Gasteiger partial charge in [-0.2, -0.15) is 4.99 Å². The van der Waals surface area contributed by atoms with Gasteiger partial charge in [-0.3, -0.25) is 0 Å². The molecule has 2 aromatic rings. The lowest BCUT2D eigenvalue weighted by Gasteiger charge is -2.25. The van der Waals surface area contributed by atoms with Crippen molar-refractivity contribution in [1.29, 1.82) is 0 Å². The highest BCUT2D eigenvalue weighted by Gasteiger charge is 2.37. The van der Waals surface area contributed by atoms with E-state index in [4.69, 9.17) is 21.9 Å². The quantitative estimate of drug-likeness (QED) is 0.682. The van der Waals surface area contributed by atoms with Gasteiger partial charge >= 0.3 is 0 Å². The Hall–Kier alpha value is -2.11. The number of likely N-dealkylation sites (N-methyl/N-ethyl adjacent to an activating group) is 1. The molecule has 1 heterocycles. The van der Waals surface area contributed by atoms with Gasteiger partial charge in [-0.1, -0.05) is 84.6 Å². The van der Waals surface area contributed by atoms with Crippen LogP contribution in [0.3, 0.4) is 0 Å². The Kier molecular flexibility index (Phi) is 5.49. The van der Waals surface area contributed by atoms with Gasteiger partial charge in [0.1, 0.15) is 0 Å². The fourth-order valence-electron chi connectivity index (χ4n) is 2.82. The Morgan fingerprint density at radius 1 is 0.962 bits per heavy atom. The number of benzene rings is 2. The number of ether oxygens (including phenoxy) is 1. The Bertz CT molecular complexity index is 856. The molecular formula is C21H22N2OS2. The minimum atomic E-state index is -0.478. The molecule has 134 valence electrons. The van der Waals surface area contributed by atoms with Gasteiger partial charge < -0.3 is 9.64 Å². The van der Waals surface area contributed by atoms with Crippen LogP contribution in [0.5, 0.6) is 0 Å². The van der Waals surface area contributed by atoms with Gasteiger partial charge in [0.25, 0.3) is 0 Å². The highest BCUT2D eigenvalue weighted by molar-refractivity contribution is 8.29. The lowest BCUT2D eigenvalue weighted by Crippen LogP contribution is -2.39. The number of thiocarbonyl (C=S) groups is 1. The van der Waals surface area contributed by atoms with Gasteiger partial charge in [-0.15, -0.1) is 0 Å². The van der Waals surface area contributed by atoms with E-state index in [9.17, 15) is 0 Å². The smallest absolute Gasteiger partial charge is 0.231 e. The summed E-state index contributed by atoms with van der Waals surface area (Å²) in [6.07, 6.45) is 0. The molecule has 0 radical (unpaired) electrons. The molecule has 0 saturated heterocycles. The number of rotatable bonds is 3. The topological polar surface area (TPSA) is 24.8 Å². The van der Waals surface area contributed by atoms with Gasteiger partial charge in [0, 0.05) is 14.1 Å². The van der Waals surface area contributed by atoms with Crippen LogP contribution in [-0.4, -0.2) is 34.6 Å². The zero-order chi connectivity index (χ0) is 18.7. The number of amidine groups is 1. The highest BCUT2D eigenvalue weighted by Crippen LogP contribution is 2.39. The minimum absolute atomic E-state index is 0.478. The first-order chi connectivity index (χ1) is 12.4. The fourth-order valence-corrected chi connectivity index (χ4v) is 4.07. The number of nitrogens with zero attached hydrogens (tertiary/aromatic N) is 2. The van der Waals surface area contributed by atoms with Crippen LogP contribution in [0, 0.1) is 0 Å². The van der Waals surface area contributed by atoms with Gasteiger partial charge in [-0.05, 0) is 25.0 Å². The zero-order valence-electron chi connectivity index (χ0n) is 15.4. The van der Waals surface area contributed by atoms with Crippen LogP contribution in [0.15, 0.2) is 71.5 Å². The van der Waals surface area contributed by atoms with Gasteiger partial charge in [0.15, 0.2) is 11.4 Å². The van der Waals surface area contributed by atoms with Crippen molar-refractivity contribution in [3.8, 4) is 0 Å². The molecule has 0 fully saturated rings. The van der Waals surface area contributed by atoms with Crippen LogP contribution >= 0.6 is 24.0 Å². The predicted octanol–water partition coefficient (Wildman–Crippen LogP) is 5.19. The summed E-state index contributed by atoms with van der Waals surface area (Å²) in [4.78, 5) is 7.71. The van der Waals surface area contributed by atoms with Gasteiger partial charge in [0.2, 0.25) is 5.88 Å². The van der Waals surface area contributed by atoms with Crippen molar-refractivity contribution in [3.05, 3.63) is 77.7 Å². The lowest BCUT2D eigenvalue weighted by molar-refractivity contribution is 0.108. The van der Waals surface area contributed by atoms with Crippen LogP contribution in [-0.2, 0) is 4.74 Å². The molecule has 0 aromatic heterocycles. The van der Waals surface area contributed by atoms with E-state index in [0.29, 0.717) is 5.88 Å². The summed E-state index contributed by atoms with van der Waals surface area (Å²) in [7, 11) is 3.97. The van der Waals surface area contributed by atoms with E-state index in [1.54, 1.807) is 0 Å². The average Bonchev–Trinajstić information content (AvgIpc) is 2.96. The normalized spacial score (nSPS) is 17.3. The summed E-state index contributed by atoms with van der Waals surface area (Å²) in [5, 5.41) is 0. The highest BCUT2D eigenvalue weighted by atomic mass is 32.2. The van der Waals surface area contributed by atoms with Crippen LogP contribution in [0.25, 0.3) is 4.91 Å². The predicted molar refractivity (Wildman–Crippen MR) is 115 cm³/mol. The molecule has 1 aliphatic rings. The molecular weight excluding hydrogens is 360 g/mol. The molecule has 26 heavy (non-hydrogen) atoms. The first-order valence-corrected chi connectivity index (χ1v) is 9.63. The van der Waals surface area contributed by atoms with E-state index in [1.807, 2.05) is 81.4 Å². The molecule has 0 N–H and O–H groups in total. The Labute approximate surface area is 164 Å². The van der Waals surface area contributed by atoms with Crippen molar-refractivity contribution in [2.24, 2.45) is 4.99 Å². The Morgan fingerprint density at radius 2 is 1.50 bits per heavy atom. The van der Waals surface area contributed by atoms with E-state index in [-0.39, 0.29) is 0 Å². The number of hydrogen-bond donors (Lipinski definition) is 0. The minimum Gasteiger partial charge on any atom is -0.463 e. The molecule has 0 spiro atoms. The van der Waals surface area contributed by atoms with Crippen LogP contribution < -0.4 is 0 Å². The van der Waals surface area contributed by atoms with E-state index < -0.39 is 5.60 Å². The molecule has 0 aliphatic carbocycles. The Morgan fingerprint density at radius 3 is 2.00 bits per heavy atom. The third kappa shape index (κ3) is 4.00. The maximum Gasteiger partial charge on any atom is 0.231 e. The maximum atomic E-state index is 6.23. The van der Waals surface area contributed by atoms with Crippen LogP contribution in [0.2, 0.25) is 0 Å². The summed E-state index contributed by atoms with van der Waals surface area (Å²) in [6, 6.07) is 20.2. The monoisotopic (exact) mass is 382 g/mol. The molecule has 0 unspecified atom stereocenters. The standard InChI is InChI=1S/C21H22N2OS2/c1-21(2)20(23(3)4)22-18(24-21)17(15-11-7-5-8-12-15)26-19(25)16-13-9-6-10-14-16/h5-14H,1-4H3/b18-17-. The van der Waals surface area contributed by atoms with E-state index in [1.165, 1.54) is 11.8 Å². The summed E-state index contributed by atoms with van der Waals surface area (Å²) in [5.41, 5.74) is 1.59. The fraction of sp³-hybridized carbons (Fsp3) is 0.238. The second-order valence-corrected chi connectivity index (χ2v) is 8.39. The summed E-state index contributed by atoms with van der Waals surface area (Å²) in [6.45, 7) is 4.06. The molecule has 0 atom stereocenters. The summed E-state index contributed by atoms with van der Waals surface area (Å²) >= 11 is 7.21. The Balaban J connectivity index is 2.04. The van der Waals surface area contributed by atoms with Crippen molar-refractivity contribution < 1.29 is 4.74 Å². The number of hydrogen-bond acceptors (Lipinski definition) is 5. The van der Waals surface area contributed by atoms with Crippen LogP contribution in [0.4, 0.5) is 0 Å². The zero-order valence-corrected chi connectivity index (χ0v) is 17.0. The van der Waals surface area contributed by atoms with Crippen molar-refractivity contribution in [2.45, 2.75) is 19.4 Å². The second-order valence-electron chi connectivity index (χ2n) is 6.70. The first-order valence-electron chi connectivity index (χ1n) is 8.41. The molecule has 3 nitrogen and oxygen atoms in total. The van der Waals surface area contributed by atoms with Gasteiger partial charge in [0.05, 0.1) is 9.10 Å². The molecule has 1 aliphatic heterocycles. The first kappa shape index (κ1) is 18.7. The van der Waals surface area contributed by atoms with E-state index >= 15 is 0 Å². The van der Waals surface area contributed by atoms with Crippen LogP contribution in [0.1, 0.15) is 25.0 Å². The van der Waals surface area contributed by atoms with Crippen molar-refractivity contribution in [1.82, 2.24) is 4.90 Å². The molecule has 3 rings (SSSR count). The van der Waals surface area contributed by atoms with Crippen molar-refractivity contribution in [3.63, 3.8) is 0 Å². The van der Waals surface area contributed by atoms with E-state index in [2.05, 4.69) is 12.1 Å². The van der Waals surface area contributed by atoms with Crippen molar-refractivity contribution in [2.75, 3.05) is 14.1 Å². The number of thioether (sulfide) groups is 1. The second kappa shape index (κ2) is 7.64. The summed E-state index contributed by atoms with van der Waals surface area (Å²) in [5.74, 6) is 1.51.